The maximum absolute atomic E-state index is 12.7. The van der Waals surface area contributed by atoms with Crippen LogP contribution in [0.1, 0.15) is 34.5 Å². The average molecular weight is 360 g/mol. The zero-order valence-corrected chi connectivity index (χ0v) is 15.3. The van der Waals surface area contributed by atoms with Crippen LogP contribution in [0, 0.1) is 0 Å². The second kappa shape index (κ2) is 8.08. The van der Waals surface area contributed by atoms with E-state index in [2.05, 4.69) is 33.4 Å². The highest BCUT2D eigenvalue weighted by Crippen LogP contribution is 2.18. The molecule has 1 amide bonds. The van der Waals surface area contributed by atoms with E-state index in [4.69, 9.17) is 0 Å². The lowest BCUT2D eigenvalue weighted by molar-refractivity contribution is 0.0942. The molecule has 1 N–H and O–H groups in total. The van der Waals surface area contributed by atoms with Gasteiger partial charge in [0, 0.05) is 38.6 Å². The van der Waals surface area contributed by atoms with E-state index in [9.17, 15) is 4.79 Å². The van der Waals surface area contributed by atoms with Crippen molar-refractivity contribution >= 4 is 11.7 Å². The minimum atomic E-state index is -0.0598. The predicted octanol–water partition coefficient (Wildman–Crippen LogP) is 3.46. The molecule has 3 heterocycles. The summed E-state index contributed by atoms with van der Waals surface area (Å²) >= 11 is 0. The third-order valence-electron chi connectivity index (χ3n) is 4.95. The van der Waals surface area contributed by atoms with Crippen LogP contribution in [0.4, 0.5) is 5.82 Å². The number of nitrogens with zero attached hydrogens (tertiary/aromatic N) is 3. The third-order valence-corrected chi connectivity index (χ3v) is 4.95. The Bertz CT molecular complexity index is 897. The van der Waals surface area contributed by atoms with Gasteiger partial charge in [-0.3, -0.25) is 4.79 Å². The molecule has 0 radical (unpaired) electrons. The molecule has 1 saturated heterocycles. The van der Waals surface area contributed by atoms with E-state index in [-0.39, 0.29) is 5.91 Å². The monoisotopic (exact) mass is 360 g/mol. The molecule has 1 aliphatic heterocycles. The molecule has 4 rings (SSSR count). The molecule has 0 unspecified atom stereocenters. The molecule has 1 aliphatic rings. The molecule has 2 aromatic heterocycles. The molecule has 0 bridgehead atoms. The van der Waals surface area contributed by atoms with Gasteiger partial charge in [-0.05, 0) is 48.2 Å². The summed E-state index contributed by atoms with van der Waals surface area (Å²) in [7, 11) is 0. The van der Waals surface area contributed by atoms with Crippen molar-refractivity contribution in [2.75, 3.05) is 18.0 Å². The Hall–Kier alpha value is -3.08. The average Bonchev–Trinajstić information content (AvgIpc) is 3.39. The van der Waals surface area contributed by atoms with Crippen LogP contribution in [-0.4, -0.2) is 28.5 Å². The number of nitrogens with one attached hydrogen (secondary N) is 1. The number of anilines is 1. The van der Waals surface area contributed by atoms with Crippen LogP contribution in [0.5, 0.6) is 0 Å². The van der Waals surface area contributed by atoms with E-state index >= 15 is 0 Å². The fourth-order valence-electron chi connectivity index (χ4n) is 3.50. The fraction of sp³-hybridized carbons (Fsp3) is 0.273. The van der Waals surface area contributed by atoms with Gasteiger partial charge in [0.1, 0.15) is 11.5 Å². The van der Waals surface area contributed by atoms with Crippen LogP contribution in [0.15, 0.2) is 67.0 Å². The Morgan fingerprint density at radius 2 is 1.81 bits per heavy atom. The van der Waals surface area contributed by atoms with Crippen molar-refractivity contribution < 1.29 is 4.79 Å². The Morgan fingerprint density at radius 1 is 1.00 bits per heavy atom. The minimum Gasteiger partial charge on any atom is -0.357 e. The van der Waals surface area contributed by atoms with E-state index in [0.29, 0.717) is 18.8 Å². The van der Waals surface area contributed by atoms with Gasteiger partial charge >= 0.3 is 0 Å². The summed E-state index contributed by atoms with van der Waals surface area (Å²) in [6, 6.07) is 18.0. The van der Waals surface area contributed by atoms with Crippen molar-refractivity contribution in [3.05, 3.63) is 83.8 Å². The first-order valence-corrected chi connectivity index (χ1v) is 9.47. The molecular weight excluding hydrogens is 336 g/mol. The molecule has 0 atom stereocenters. The van der Waals surface area contributed by atoms with Crippen LogP contribution in [0.2, 0.25) is 0 Å². The van der Waals surface area contributed by atoms with Gasteiger partial charge in [-0.1, -0.05) is 30.3 Å². The normalized spacial score (nSPS) is 13.7. The highest BCUT2D eigenvalue weighted by Gasteiger charge is 2.14. The van der Waals surface area contributed by atoms with Crippen molar-refractivity contribution in [1.82, 2.24) is 14.9 Å². The smallest absolute Gasteiger partial charge is 0.268 e. The van der Waals surface area contributed by atoms with Gasteiger partial charge in [0.05, 0.1) is 0 Å². The van der Waals surface area contributed by atoms with E-state index in [0.717, 1.165) is 24.5 Å². The Labute approximate surface area is 159 Å². The number of rotatable bonds is 6. The lowest BCUT2D eigenvalue weighted by Gasteiger charge is -2.17. The lowest BCUT2D eigenvalue weighted by atomic mass is 10.2. The first-order valence-electron chi connectivity index (χ1n) is 9.47. The van der Waals surface area contributed by atoms with Crippen molar-refractivity contribution in [3.8, 4) is 0 Å². The van der Waals surface area contributed by atoms with Crippen LogP contribution in [0.25, 0.3) is 0 Å². The number of aromatic nitrogens is 2. The van der Waals surface area contributed by atoms with Gasteiger partial charge in [0.2, 0.25) is 0 Å². The van der Waals surface area contributed by atoms with Gasteiger partial charge in [-0.25, -0.2) is 4.98 Å². The summed E-state index contributed by atoms with van der Waals surface area (Å²) in [5.74, 6) is 0.946. The van der Waals surface area contributed by atoms with Crippen LogP contribution < -0.4 is 10.2 Å². The first kappa shape index (κ1) is 17.3. The number of pyridine rings is 1. The molecule has 1 fully saturated rings. The van der Waals surface area contributed by atoms with Gasteiger partial charge in [0.25, 0.3) is 5.91 Å². The molecule has 27 heavy (non-hydrogen) atoms. The largest absolute Gasteiger partial charge is 0.357 e. The fourth-order valence-corrected chi connectivity index (χ4v) is 3.50. The van der Waals surface area contributed by atoms with Gasteiger partial charge in [-0.2, -0.15) is 0 Å². The maximum Gasteiger partial charge on any atom is 0.268 e. The SMILES string of the molecule is O=C(NCc1ccnc(N2CCCC2)c1)c1cccn1Cc1ccccc1. The number of carbonyl (C=O) groups excluding carboxylic acids is 1. The van der Waals surface area contributed by atoms with Gasteiger partial charge in [0.15, 0.2) is 0 Å². The highest BCUT2D eigenvalue weighted by molar-refractivity contribution is 5.92. The standard InChI is InChI=1S/C22H24N4O/c27-22(20-9-6-14-26(20)17-18-7-2-1-3-8-18)24-16-19-10-11-23-21(15-19)25-12-4-5-13-25/h1-3,6-11,14-15H,4-5,12-13,16-17H2,(H,24,27). The minimum absolute atomic E-state index is 0.0598. The third kappa shape index (κ3) is 4.19. The van der Waals surface area contributed by atoms with E-state index in [1.54, 1.807) is 0 Å². The van der Waals surface area contributed by atoms with E-state index in [1.165, 1.54) is 18.4 Å². The zero-order valence-electron chi connectivity index (χ0n) is 15.3. The van der Waals surface area contributed by atoms with Crippen LogP contribution in [0.3, 0.4) is 0 Å². The number of hydrogen-bond donors (Lipinski definition) is 1. The van der Waals surface area contributed by atoms with Gasteiger partial charge in [-0.15, -0.1) is 0 Å². The number of hydrogen-bond acceptors (Lipinski definition) is 3. The summed E-state index contributed by atoms with van der Waals surface area (Å²) in [4.78, 5) is 19.4. The molecule has 5 nitrogen and oxygen atoms in total. The van der Waals surface area contributed by atoms with E-state index < -0.39 is 0 Å². The first-order chi connectivity index (χ1) is 13.3. The zero-order chi connectivity index (χ0) is 18.5. The number of benzene rings is 1. The second-order valence-electron chi connectivity index (χ2n) is 6.91. The van der Waals surface area contributed by atoms with Crippen LogP contribution >= 0.6 is 0 Å². The lowest BCUT2D eigenvalue weighted by Crippen LogP contribution is -2.26. The molecule has 138 valence electrons. The Balaban J connectivity index is 1.40. The second-order valence-corrected chi connectivity index (χ2v) is 6.91. The van der Waals surface area contributed by atoms with Crippen LogP contribution in [-0.2, 0) is 13.1 Å². The molecule has 0 spiro atoms. The molecule has 1 aromatic carbocycles. The summed E-state index contributed by atoms with van der Waals surface area (Å²) in [6.45, 7) is 3.31. The molecule has 3 aromatic rings. The summed E-state index contributed by atoms with van der Waals surface area (Å²) in [5.41, 5.74) is 2.92. The van der Waals surface area contributed by atoms with Crippen molar-refractivity contribution in [3.63, 3.8) is 0 Å². The van der Waals surface area contributed by atoms with E-state index in [1.807, 2.05) is 53.4 Å². The molecular formula is C22H24N4O. The molecule has 0 aliphatic carbocycles. The van der Waals surface area contributed by atoms with Crippen molar-refractivity contribution in [1.29, 1.82) is 0 Å². The predicted molar refractivity (Wildman–Crippen MR) is 107 cm³/mol. The maximum atomic E-state index is 12.7. The summed E-state index contributed by atoms with van der Waals surface area (Å²) < 4.78 is 1.98. The number of amides is 1. The molecule has 5 heteroatoms. The molecule has 0 saturated carbocycles. The van der Waals surface area contributed by atoms with Crippen molar-refractivity contribution in [2.45, 2.75) is 25.9 Å². The van der Waals surface area contributed by atoms with Crippen molar-refractivity contribution in [2.24, 2.45) is 0 Å². The quantitative estimate of drug-likeness (QED) is 0.732. The number of carbonyl (C=O) groups is 1. The summed E-state index contributed by atoms with van der Waals surface area (Å²) in [6.07, 6.45) is 6.22. The Kier molecular flexibility index (Phi) is 5.19. The van der Waals surface area contributed by atoms with Gasteiger partial charge < -0.3 is 14.8 Å². The highest BCUT2D eigenvalue weighted by atomic mass is 16.1. The Morgan fingerprint density at radius 3 is 2.63 bits per heavy atom. The summed E-state index contributed by atoms with van der Waals surface area (Å²) in [5, 5.41) is 3.04. The topological polar surface area (TPSA) is 50.2 Å².